The SMILES string of the molecule is CON=C(C(=O)N[C@@H]1C(=O)N(S(=O)(=O)O)[C@@H]1SC1CCCCC1)c1csc(N)n1.[H-].[Na+]. The molecule has 0 spiro atoms. The summed E-state index contributed by atoms with van der Waals surface area (Å²) in [6, 6.07) is -1.13. The number of thioether (sulfide) groups is 1. The number of nitrogen functional groups attached to an aromatic ring is 1. The van der Waals surface area contributed by atoms with Gasteiger partial charge in [-0.3, -0.25) is 14.1 Å². The quantitative estimate of drug-likeness (QED) is 0.126. The van der Waals surface area contributed by atoms with Crippen molar-refractivity contribution >= 4 is 56.1 Å². The Bertz CT molecular complexity index is 924. The Morgan fingerprint density at radius 2 is 2.13 bits per heavy atom. The van der Waals surface area contributed by atoms with Crippen molar-refractivity contribution in [2.24, 2.45) is 5.16 Å². The molecule has 4 N–H and O–H groups in total. The van der Waals surface area contributed by atoms with Gasteiger partial charge < -0.3 is 17.3 Å². The molecule has 2 heterocycles. The first-order chi connectivity index (χ1) is 13.7. The van der Waals surface area contributed by atoms with Crippen LogP contribution in [0, 0.1) is 0 Å². The van der Waals surface area contributed by atoms with Crippen molar-refractivity contribution in [2.75, 3.05) is 12.8 Å². The van der Waals surface area contributed by atoms with Crippen LogP contribution in [-0.4, -0.2) is 63.6 Å². The zero-order chi connectivity index (χ0) is 21.2. The number of oxime groups is 1. The summed E-state index contributed by atoms with van der Waals surface area (Å²) in [5.74, 6) is -1.68. The van der Waals surface area contributed by atoms with Crippen molar-refractivity contribution in [3.63, 3.8) is 0 Å². The minimum absolute atomic E-state index is 0. The number of carbonyl (C=O) groups is 2. The Morgan fingerprint density at radius 1 is 1.47 bits per heavy atom. The molecule has 2 amide bonds. The normalized spacial score (nSPS) is 22.8. The fraction of sp³-hybridized carbons (Fsp3) is 0.600. The van der Waals surface area contributed by atoms with Crippen LogP contribution in [0.25, 0.3) is 0 Å². The van der Waals surface area contributed by atoms with Crippen molar-refractivity contribution in [1.82, 2.24) is 14.6 Å². The number of nitrogens with zero attached hydrogens (tertiary/aromatic N) is 3. The van der Waals surface area contributed by atoms with Crippen LogP contribution in [0.2, 0.25) is 0 Å². The van der Waals surface area contributed by atoms with E-state index in [0.717, 1.165) is 43.4 Å². The minimum atomic E-state index is -4.73. The van der Waals surface area contributed by atoms with Gasteiger partial charge in [0, 0.05) is 10.6 Å². The van der Waals surface area contributed by atoms with Crippen LogP contribution in [0.1, 0.15) is 39.2 Å². The molecule has 11 nitrogen and oxygen atoms in total. The van der Waals surface area contributed by atoms with Gasteiger partial charge in [-0.15, -0.1) is 23.1 Å². The van der Waals surface area contributed by atoms with Gasteiger partial charge in [-0.2, -0.15) is 12.7 Å². The number of thiazole rings is 1. The molecule has 162 valence electrons. The monoisotopic (exact) mass is 487 g/mol. The first kappa shape index (κ1) is 25.4. The fourth-order valence-corrected chi connectivity index (χ4v) is 6.55. The van der Waals surface area contributed by atoms with Crippen molar-refractivity contribution in [3.05, 3.63) is 11.1 Å². The smallest absolute Gasteiger partial charge is 1.00 e. The first-order valence-electron chi connectivity index (χ1n) is 8.82. The van der Waals surface area contributed by atoms with Gasteiger partial charge in [-0.1, -0.05) is 24.4 Å². The van der Waals surface area contributed by atoms with E-state index in [0.29, 0.717) is 4.31 Å². The largest absolute Gasteiger partial charge is 1.00 e. The second-order valence-corrected chi connectivity index (χ2v) is 10.1. The number of rotatable bonds is 7. The number of aromatic nitrogens is 1. The first-order valence-corrected chi connectivity index (χ1v) is 12.0. The Hall–Kier alpha value is -0.900. The van der Waals surface area contributed by atoms with Gasteiger partial charge in [0.15, 0.2) is 10.8 Å². The zero-order valence-electron chi connectivity index (χ0n) is 17.5. The molecule has 2 aliphatic rings. The van der Waals surface area contributed by atoms with Crippen molar-refractivity contribution in [1.29, 1.82) is 0 Å². The molecule has 0 unspecified atom stereocenters. The summed E-state index contributed by atoms with van der Waals surface area (Å²) in [5, 5.41) is 7.06. The van der Waals surface area contributed by atoms with E-state index < -0.39 is 33.5 Å². The van der Waals surface area contributed by atoms with Crippen LogP contribution in [0.15, 0.2) is 10.5 Å². The van der Waals surface area contributed by atoms with E-state index in [4.69, 9.17) is 5.73 Å². The second-order valence-electron chi connectivity index (χ2n) is 6.54. The van der Waals surface area contributed by atoms with Crippen molar-refractivity contribution < 1.29 is 58.4 Å². The third-order valence-corrected chi connectivity index (χ3v) is 7.91. The Balaban J connectivity index is 0.00000240. The van der Waals surface area contributed by atoms with Crippen molar-refractivity contribution in [3.8, 4) is 0 Å². The maximum atomic E-state index is 12.7. The Morgan fingerprint density at radius 3 is 2.67 bits per heavy atom. The number of hydrogen-bond donors (Lipinski definition) is 3. The molecular formula is C15H22N5NaO6S3. The second kappa shape index (κ2) is 10.6. The van der Waals surface area contributed by atoms with E-state index in [1.807, 2.05) is 0 Å². The number of hydrogen-bond acceptors (Lipinski definition) is 10. The van der Waals surface area contributed by atoms with Crippen LogP contribution in [0.4, 0.5) is 5.13 Å². The van der Waals surface area contributed by atoms with Gasteiger partial charge >= 0.3 is 39.9 Å². The molecule has 1 saturated heterocycles. The van der Waals surface area contributed by atoms with Crippen molar-refractivity contribution in [2.45, 2.75) is 48.8 Å². The van der Waals surface area contributed by atoms with Gasteiger partial charge in [0.2, 0.25) is 0 Å². The summed E-state index contributed by atoms with van der Waals surface area (Å²) in [6.45, 7) is 0. The summed E-state index contributed by atoms with van der Waals surface area (Å²) in [4.78, 5) is 33.7. The molecule has 0 aromatic carbocycles. The molecule has 0 radical (unpaired) electrons. The molecule has 3 rings (SSSR count). The average Bonchev–Trinajstić information content (AvgIpc) is 3.09. The molecule has 1 aromatic rings. The Kier molecular flexibility index (Phi) is 8.97. The van der Waals surface area contributed by atoms with E-state index in [1.165, 1.54) is 24.3 Å². The fourth-order valence-electron chi connectivity index (χ4n) is 3.25. The predicted octanol–water partition coefficient (Wildman–Crippen LogP) is -2.29. The van der Waals surface area contributed by atoms with Gasteiger partial charge in [0.05, 0.1) is 0 Å². The summed E-state index contributed by atoms with van der Waals surface area (Å²) in [6.07, 6.45) is 4.89. The number of nitrogens with one attached hydrogen (secondary N) is 1. The summed E-state index contributed by atoms with van der Waals surface area (Å²) in [7, 11) is -3.48. The van der Waals surface area contributed by atoms with Crippen LogP contribution < -0.4 is 40.6 Å². The molecule has 1 aliphatic carbocycles. The van der Waals surface area contributed by atoms with Crippen LogP contribution >= 0.6 is 23.1 Å². The van der Waals surface area contributed by atoms with Crippen LogP contribution in [0.5, 0.6) is 0 Å². The number of amides is 2. The molecule has 1 saturated carbocycles. The molecule has 2 fully saturated rings. The maximum absolute atomic E-state index is 12.7. The standard InChI is InChI=1S/C15H21N5O6S3.Na.H/c1-26-19-10(9-7-27-15(16)17-9)12(21)18-11-13(22)20(29(23,24)25)14(11)28-8-5-3-2-4-6-8;;/h7-8,11,14H,2-6H2,1H3,(H2,16,17)(H,18,21)(H,23,24,25);;/q;+1;-1/t11-,14-;;/m1../s1. The summed E-state index contributed by atoms with van der Waals surface area (Å²) >= 11 is 2.37. The summed E-state index contributed by atoms with van der Waals surface area (Å²) < 4.78 is 33.1. The number of carbonyl (C=O) groups excluding carboxylic acids is 2. The topological polar surface area (TPSA) is 164 Å². The van der Waals surface area contributed by atoms with Gasteiger partial charge in [0.25, 0.3) is 11.8 Å². The van der Waals surface area contributed by atoms with Crippen LogP contribution in [0.3, 0.4) is 0 Å². The molecule has 1 aromatic heterocycles. The maximum Gasteiger partial charge on any atom is 1.00 e. The van der Waals surface area contributed by atoms with Gasteiger partial charge in [0.1, 0.15) is 24.2 Å². The van der Waals surface area contributed by atoms with E-state index in [9.17, 15) is 22.6 Å². The number of β-lactam (4-membered cyclic amide) rings is 1. The number of anilines is 1. The molecule has 2 atom stereocenters. The van der Waals surface area contributed by atoms with E-state index in [1.54, 1.807) is 0 Å². The zero-order valence-corrected chi connectivity index (χ0v) is 20.9. The third-order valence-electron chi connectivity index (χ3n) is 4.58. The molecular weight excluding hydrogens is 465 g/mol. The van der Waals surface area contributed by atoms with E-state index >= 15 is 0 Å². The molecule has 1 aliphatic heterocycles. The summed E-state index contributed by atoms with van der Waals surface area (Å²) in [5.41, 5.74) is 5.56. The van der Waals surface area contributed by atoms with Gasteiger partial charge in [-0.05, 0) is 12.8 Å². The minimum Gasteiger partial charge on any atom is -1.00 e. The predicted molar refractivity (Wildman–Crippen MR) is 110 cm³/mol. The average molecular weight is 488 g/mol. The Labute approximate surface area is 205 Å². The molecule has 30 heavy (non-hydrogen) atoms. The van der Waals surface area contributed by atoms with Crippen LogP contribution in [-0.2, 0) is 24.7 Å². The van der Waals surface area contributed by atoms with Gasteiger partial charge in [-0.25, -0.2) is 4.98 Å². The van der Waals surface area contributed by atoms with E-state index in [-0.39, 0.29) is 52.8 Å². The molecule has 15 heteroatoms. The molecule has 0 bridgehead atoms. The van der Waals surface area contributed by atoms with E-state index in [2.05, 4.69) is 20.3 Å². The number of nitrogens with two attached hydrogens (primary N) is 1. The third kappa shape index (κ3) is 5.66.